The molecule has 186 valence electrons. The molecule has 0 heterocycles. The lowest BCUT2D eigenvalue weighted by Gasteiger charge is -2.33. The Kier molecular flexibility index (Phi) is 10.5. The van der Waals surface area contributed by atoms with E-state index in [1.165, 1.54) is 11.0 Å². The van der Waals surface area contributed by atoms with Crippen LogP contribution in [0.5, 0.6) is 0 Å². The van der Waals surface area contributed by atoms with Gasteiger partial charge in [-0.15, -0.1) is 0 Å². The maximum Gasteiger partial charge on any atom is 0.244 e. The van der Waals surface area contributed by atoms with Gasteiger partial charge >= 0.3 is 0 Å². The maximum absolute atomic E-state index is 13.6. The number of amides is 2. The third-order valence-corrected chi connectivity index (χ3v) is 7.26. The molecule has 0 spiro atoms. The van der Waals surface area contributed by atoms with Crippen molar-refractivity contribution in [1.82, 2.24) is 10.2 Å². The number of benzene rings is 2. The summed E-state index contributed by atoms with van der Waals surface area (Å²) in [6.45, 7) is 3.68. The number of anilines is 1. The van der Waals surface area contributed by atoms with Gasteiger partial charge in [0.2, 0.25) is 21.8 Å². The Bertz CT molecular complexity index is 1130. The molecule has 0 radical (unpaired) electrons. The quantitative estimate of drug-likeness (QED) is 0.439. The molecular formula is C23H28Cl3N3O4S. The van der Waals surface area contributed by atoms with E-state index in [0.29, 0.717) is 28.6 Å². The smallest absolute Gasteiger partial charge is 0.244 e. The van der Waals surface area contributed by atoms with E-state index < -0.39 is 28.5 Å². The minimum Gasteiger partial charge on any atom is -0.354 e. The summed E-state index contributed by atoms with van der Waals surface area (Å²) >= 11 is 18.4. The Balaban J connectivity index is 2.46. The molecule has 0 aliphatic heterocycles. The zero-order valence-corrected chi connectivity index (χ0v) is 22.3. The van der Waals surface area contributed by atoms with Crippen LogP contribution in [0.4, 0.5) is 5.69 Å². The van der Waals surface area contributed by atoms with Crippen molar-refractivity contribution >= 4 is 62.3 Å². The first-order valence-electron chi connectivity index (χ1n) is 10.7. The van der Waals surface area contributed by atoms with Crippen LogP contribution >= 0.6 is 34.8 Å². The summed E-state index contributed by atoms with van der Waals surface area (Å²) in [4.78, 5) is 27.8. The lowest BCUT2D eigenvalue weighted by Crippen LogP contribution is -2.52. The first-order valence-corrected chi connectivity index (χ1v) is 13.7. The number of carbonyl (C=O) groups is 2. The summed E-state index contributed by atoms with van der Waals surface area (Å²) in [6.07, 6.45) is 2.06. The Morgan fingerprint density at radius 1 is 1.00 bits per heavy atom. The summed E-state index contributed by atoms with van der Waals surface area (Å²) in [6, 6.07) is 10.5. The van der Waals surface area contributed by atoms with E-state index in [9.17, 15) is 18.0 Å². The van der Waals surface area contributed by atoms with Crippen LogP contribution in [0.2, 0.25) is 15.1 Å². The fraction of sp³-hybridized carbons (Fsp3) is 0.391. The standard InChI is InChI=1S/C23H28Cl3N3O4S/c1-4-12-27-23(31)20(5-2)28(14-16-10-11-17(24)19(26)13-16)22(30)15-29(34(3,32)33)21-9-7-6-8-18(21)25/h6-11,13,20H,4-5,12,14-15H2,1-3H3,(H,27,31)/t20-/m0/s1. The Hall–Kier alpha value is -2.00. The SMILES string of the molecule is CCCNC(=O)[C@H](CC)N(Cc1ccc(Cl)c(Cl)c1)C(=O)CN(c1ccccc1Cl)S(C)(=O)=O. The second-order valence-electron chi connectivity index (χ2n) is 7.71. The molecule has 0 unspecified atom stereocenters. The third kappa shape index (κ3) is 7.50. The zero-order chi connectivity index (χ0) is 25.5. The number of rotatable bonds is 11. The molecule has 7 nitrogen and oxygen atoms in total. The highest BCUT2D eigenvalue weighted by atomic mass is 35.5. The van der Waals surface area contributed by atoms with Crippen molar-refractivity contribution < 1.29 is 18.0 Å². The monoisotopic (exact) mass is 547 g/mol. The lowest BCUT2D eigenvalue weighted by atomic mass is 10.1. The normalized spacial score (nSPS) is 12.2. The van der Waals surface area contributed by atoms with E-state index in [-0.39, 0.29) is 23.2 Å². The highest BCUT2D eigenvalue weighted by Gasteiger charge is 2.32. The van der Waals surface area contributed by atoms with Crippen molar-refractivity contribution in [3.8, 4) is 0 Å². The van der Waals surface area contributed by atoms with E-state index in [2.05, 4.69) is 5.32 Å². The molecule has 2 aromatic carbocycles. The van der Waals surface area contributed by atoms with E-state index in [0.717, 1.165) is 17.0 Å². The number of hydrogen-bond acceptors (Lipinski definition) is 4. The largest absolute Gasteiger partial charge is 0.354 e. The molecule has 1 N–H and O–H groups in total. The topological polar surface area (TPSA) is 86.8 Å². The molecule has 0 aromatic heterocycles. The van der Waals surface area contributed by atoms with Gasteiger partial charge in [0.1, 0.15) is 12.6 Å². The van der Waals surface area contributed by atoms with Crippen LogP contribution in [0.25, 0.3) is 0 Å². The van der Waals surface area contributed by atoms with Gasteiger partial charge in [0, 0.05) is 13.1 Å². The summed E-state index contributed by atoms with van der Waals surface area (Å²) in [7, 11) is -3.86. The van der Waals surface area contributed by atoms with Gasteiger partial charge in [0.15, 0.2) is 0 Å². The second-order valence-corrected chi connectivity index (χ2v) is 10.8. The van der Waals surface area contributed by atoms with Gasteiger partial charge in [-0.05, 0) is 42.7 Å². The number of para-hydroxylation sites is 1. The van der Waals surface area contributed by atoms with Crippen LogP contribution in [0.3, 0.4) is 0 Å². The van der Waals surface area contributed by atoms with Gasteiger partial charge in [0.25, 0.3) is 0 Å². The summed E-state index contributed by atoms with van der Waals surface area (Å²) in [5.74, 6) is -0.878. The molecule has 0 bridgehead atoms. The molecular weight excluding hydrogens is 521 g/mol. The van der Waals surface area contributed by atoms with Gasteiger partial charge in [-0.25, -0.2) is 8.42 Å². The molecule has 0 saturated heterocycles. The van der Waals surface area contributed by atoms with Crippen molar-refractivity contribution in [1.29, 1.82) is 0 Å². The number of nitrogens with one attached hydrogen (secondary N) is 1. The second kappa shape index (κ2) is 12.6. The highest BCUT2D eigenvalue weighted by molar-refractivity contribution is 7.92. The number of nitrogens with zero attached hydrogens (tertiary/aromatic N) is 2. The van der Waals surface area contributed by atoms with Crippen LogP contribution in [0.1, 0.15) is 32.3 Å². The van der Waals surface area contributed by atoms with Crippen LogP contribution in [-0.2, 0) is 26.2 Å². The molecule has 2 rings (SSSR count). The summed E-state index contributed by atoms with van der Waals surface area (Å²) < 4.78 is 26.1. The molecule has 2 aromatic rings. The fourth-order valence-electron chi connectivity index (χ4n) is 3.37. The first-order chi connectivity index (χ1) is 16.0. The zero-order valence-electron chi connectivity index (χ0n) is 19.2. The lowest BCUT2D eigenvalue weighted by molar-refractivity contribution is -0.140. The molecule has 0 aliphatic carbocycles. The molecule has 0 aliphatic rings. The minimum absolute atomic E-state index is 0.0356. The van der Waals surface area contributed by atoms with Gasteiger partial charge in [-0.2, -0.15) is 0 Å². The highest BCUT2D eigenvalue weighted by Crippen LogP contribution is 2.28. The number of hydrogen-bond donors (Lipinski definition) is 1. The summed E-state index contributed by atoms with van der Waals surface area (Å²) in [5, 5.41) is 3.67. The van der Waals surface area contributed by atoms with E-state index in [1.54, 1.807) is 43.3 Å². The van der Waals surface area contributed by atoms with E-state index in [1.807, 2.05) is 6.92 Å². The van der Waals surface area contributed by atoms with E-state index >= 15 is 0 Å². The number of halogens is 3. The van der Waals surface area contributed by atoms with Crippen molar-refractivity contribution in [3.63, 3.8) is 0 Å². The van der Waals surface area contributed by atoms with Gasteiger partial charge in [0.05, 0.1) is 27.0 Å². The number of sulfonamides is 1. The van der Waals surface area contributed by atoms with Crippen LogP contribution in [0.15, 0.2) is 42.5 Å². The number of carbonyl (C=O) groups excluding carboxylic acids is 2. The Morgan fingerprint density at radius 3 is 2.24 bits per heavy atom. The minimum atomic E-state index is -3.86. The fourth-order valence-corrected chi connectivity index (χ4v) is 4.84. The Morgan fingerprint density at radius 2 is 1.68 bits per heavy atom. The molecule has 1 atom stereocenters. The van der Waals surface area contributed by atoms with Gasteiger partial charge in [-0.1, -0.05) is 66.8 Å². The van der Waals surface area contributed by atoms with Crippen LogP contribution in [0, 0.1) is 0 Å². The molecule has 11 heteroatoms. The predicted octanol–water partition coefficient (Wildman–Crippen LogP) is 4.75. The van der Waals surface area contributed by atoms with Crippen LogP contribution in [-0.4, -0.2) is 50.5 Å². The van der Waals surface area contributed by atoms with Crippen LogP contribution < -0.4 is 9.62 Å². The average molecular weight is 549 g/mol. The van der Waals surface area contributed by atoms with Gasteiger partial charge < -0.3 is 10.2 Å². The molecule has 2 amide bonds. The van der Waals surface area contributed by atoms with Crippen molar-refractivity contribution in [2.24, 2.45) is 0 Å². The summed E-state index contributed by atoms with van der Waals surface area (Å²) in [5.41, 5.74) is 0.825. The maximum atomic E-state index is 13.6. The van der Waals surface area contributed by atoms with Crippen molar-refractivity contribution in [2.75, 3.05) is 23.7 Å². The van der Waals surface area contributed by atoms with Crippen molar-refractivity contribution in [2.45, 2.75) is 39.3 Å². The van der Waals surface area contributed by atoms with Crippen molar-refractivity contribution in [3.05, 3.63) is 63.1 Å². The average Bonchev–Trinajstić information content (AvgIpc) is 2.78. The predicted molar refractivity (Wildman–Crippen MR) is 138 cm³/mol. The van der Waals surface area contributed by atoms with E-state index in [4.69, 9.17) is 34.8 Å². The Labute approximate surface area is 216 Å². The molecule has 0 fully saturated rings. The van der Waals surface area contributed by atoms with Gasteiger partial charge in [-0.3, -0.25) is 13.9 Å². The third-order valence-electron chi connectivity index (χ3n) is 5.07. The first kappa shape index (κ1) is 28.2. The molecule has 34 heavy (non-hydrogen) atoms. The molecule has 0 saturated carbocycles.